The lowest BCUT2D eigenvalue weighted by Crippen LogP contribution is -2.61. The second-order valence-electron chi connectivity index (χ2n) is 5.49. The molecule has 0 aromatic carbocycles. The summed E-state index contributed by atoms with van der Waals surface area (Å²) in [4.78, 5) is 0. The molecule has 0 rings (SSSR count). The van der Waals surface area contributed by atoms with Crippen LogP contribution >= 0.6 is 22.2 Å². The highest BCUT2D eigenvalue weighted by molar-refractivity contribution is 7.73. The van der Waals surface area contributed by atoms with E-state index in [2.05, 4.69) is 38.1 Å². The molecule has 0 aromatic heterocycles. The number of halogens is 2. The molecule has 0 aliphatic carbocycles. The fourth-order valence-corrected chi connectivity index (χ4v) is 7.92. The van der Waals surface area contributed by atoms with Gasteiger partial charge in [-0.1, -0.05) is 46.3 Å². The lowest BCUT2D eigenvalue weighted by atomic mass is 10.3. The number of hydrogen-bond donors (Lipinski definition) is 0. The summed E-state index contributed by atoms with van der Waals surface area (Å²) >= 11 is 13.5. The fraction of sp³-hybridized carbons (Fsp3) is 1.00. The molecule has 0 aromatic rings. The number of nitrogens with zero attached hydrogens (tertiary/aromatic N) is 1. The van der Waals surface area contributed by atoms with Gasteiger partial charge in [0.2, 0.25) is 0 Å². The Hall–Kier alpha value is 0.974. The van der Waals surface area contributed by atoms with Crippen LogP contribution in [0.3, 0.4) is 0 Å². The standard InChI is InChI=1S/C11H27Cl2NSi2/c1-6-8-10-14(11-9-7-2)16(12,13)15(3,4)5/h6-11H2,1-5H3. The van der Waals surface area contributed by atoms with Crippen molar-refractivity contribution in [2.24, 2.45) is 0 Å². The molecular weight excluding hydrogens is 273 g/mol. The smallest absolute Gasteiger partial charge is 0.302 e. The van der Waals surface area contributed by atoms with E-state index in [-0.39, 0.29) is 0 Å². The van der Waals surface area contributed by atoms with Crippen LogP contribution in [0, 0.1) is 0 Å². The molecular formula is C11H27Cl2NSi2. The summed E-state index contributed by atoms with van der Waals surface area (Å²) in [5.74, 6) is 0. The summed E-state index contributed by atoms with van der Waals surface area (Å²) in [6.07, 6.45) is 2.66. The van der Waals surface area contributed by atoms with E-state index in [0.29, 0.717) is 0 Å². The Kier molecular flexibility index (Phi) is 7.87. The molecule has 0 unspecified atom stereocenters. The van der Waals surface area contributed by atoms with E-state index in [9.17, 15) is 0 Å². The number of hydrogen-bond acceptors (Lipinski definition) is 1. The molecule has 0 bridgehead atoms. The summed E-state index contributed by atoms with van der Waals surface area (Å²) in [6, 6.07) is 0. The molecule has 98 valence electrons. The minimum Gasteiger partial charge on any atom is -0.302 e. The summed E-state index contributed by atoms with van der Waals surface area (Å²) in [5, 5.41) is 0. The molecule has 0 aliphatic heterocycles. The molecule has 0 spiro atoms. The highest BCUT2D eigenvalue weighted by Gasteiger charge is 2.48. The van der Waals surface area contributed by atoms with Crippen LogP contribution < -0.4 is 0 Å². The van der Waals surface area contributed by atoms with Gasteiger partial charge >= 0.3 is 6.37 Å². The second kappa shape index (κ2) is 7.42. The van der Waals surface area contributed by atoms with Crippen LogP contribution in [0.4, 0.5) is 0 Å². The van der Waals surface area contributed by atoms with Crippen molar-refractivity contribution in [3.8, 4) is 0 Å². The molecule has 5 heteroatoms. The van der Waals surface area contributed by atoms with Crippen LogP contribution in [0.1, 0.15) is 39.5 Å². The third kappa shape index (κ3) is 5.09. The first-order valence-electron chi connectivity index (χ1n) is 6.40. The zero-order chi connectivity index (χ0) is 12.8. The SMILES string of the molecule is CCCCN(CCCC)[Si](Cl)(Cl)[Si](C)(C)C. The Labute approximate surface area is 113 Å². The van der Waals surface area contributed by atoms with Crippen molar-refractivity contribution in [2.75, 3.05) is 13.1 Å². The van der Waals surface area contributed by atoms with Gasteiger partial charge in [-0.15, -0.1) is 22.2 Å². The zero-order valence-electron chi connectivity index (χ0n) is 11.4. The van der Waals surface area contributed by atoms with E-state index in [1.165, 1.54) is 25.7 Å². The first-order chi connectivity index (χ1) is 7.27. The quantitative estimate of drug-likeness (QED) is 0.463. The fourth-order valence-electron chi connectivity index (χ4n) is 1.56. The maximum Gasteiger partial charge on any atom is 0.306 e. The number of rotatable bonds is 8. The summed E-state index contributed by atoms with van der Waals surface area (Å²) in [5.41, 5.74) is 0. The van der Waals surface area contributed by atoms with Crippen LogP contribution in [-0.2, 0) is 0 Å². The summed E-state index contributed by atoms with van der Waals surface area (Å²) in [7, 11) is -1.45. The topological polar surface area (TPSA) is 3.24 Å². The van der Waals surface area contributed by atoms with Crippen LogP contribution in [0.2, 0.25) is 19.6 Å². The van der Waals surface area contributed by atoms with Gasteiger partial charge in [0, 0.05) is 0 Å². The zero-order valence-corrected chi connectivity index (χ0v) is 15.0. The molecule has 0 atom stereocenters. The third-order valence-corrected chi connectivity index (χ3v) is 23.9. The monoisotopic (exact) mass is 299 g/mol. The highest BCUT2D eigenvalue weighted by atomic mass is 35.7. The first kappa shape index (κ1) is 17.0. The molecule has 0 saturated heterocycles. The molecule has 0 fully saturated rings. The van der Waals surface area contributed by atoms with Gasteiger partial charge in [0.1, 0.15) is 0 Å². The predicted molar refractivity (Wildman–Crippen MR) is 82.2 cm³/mol. The average Bonchev–Trinajstić information content (AvgIpc) is 2.16. The van der Waals surface area contributed by atoms with Crippen molar-refractivity contribution < 1.29 is 0 Å². The van der Waals surface area contributed by atoms with Crippen molar-refractivity contribution in [1.29, 1.82) is 0 Å². The molecule has 0 N–H and O–H groups in total. The summed E-state index contributed by atoms with van der Waals surface area (Å²) in [6.45, 7) is 13.5. The molecule has 0 saturated carbocycles. The lowest BCUT2D eigenvalue weighted by molar-refractivity contribution is 0.418. The predicted octanol–water partition coefficient (Wildman–Crippen LogP) is 4.72. The molecule has 0 aliphatic rings. The molecule has 0 radical (unpaired) electrons. The van der Waals surface area contributed by atoms with Crippen molar-refractivity contribution in [1.82, 2.24) is 4.57 Å². The maximum atomic E-state index is 6.74. The van der Waals surface area contributed by atoms with Crippen molar-refractivity contribution in [3.05, 3.63) is 0 Å². The van der Waals surface area contributed by atoms with E-state index in [1.54, 1.807) is 0 Å². The Bertz CT molecular complexity index is 185. The Morgan fingerprint density at radius 2 is 1.25 bits per heavy atom. The molecule has 1 nitrogen and oxygen atoms in total. The minimum absolute atomic E-state index is 1.08. The van der Waals surface area contributed by atoms with Crippen LogP contribution in [0.15, 0.2) is 0 Å². The van der Waals surface area contributed by atoms with Crippen molar-refractivity contribution in [3.63, 3.8) is 0 Å². The largest absolute Gasteiger partial charge is 0.306 e. The lowest BCUT2D eigenvalue weighted by Gasteiger charge is -2.40. The maximum absolute atomic E-state index is 6.74. The van der Waals surface area contributed by atoms with Gasteiger partial charge in [-0.3, -0.25) is 0 Å². The van der Waals surface area contributed by atoms with Gasteiger partial charge in [-0.25, -0.2) is 0 Å². The van der Waals surface area contributed by atoms with E-state index >= 15 is 0 Å². The van der Waals surface area contributed by atoms with Gasteiger partial charge < -0.3 is 4.57 Å². The average molecular weight is 300 g/mol. The van der Waals surface area contributed by atoms with E-state index < -0.39 is 14.0 Å². The van der Waals surface area contributed by atoms with Crippen LogP contribution in [0.25, 0.3) is 0 Å². The molecule has 0 heterocycles. The van der Waals surface area contributed by atoms with Gasteiger partial charge in [0.15, 0.2) is 0 Å². The molecule has 16 heavy (non-hydrogen) atoms. The first-order valence-corrected chi connectivity index (χ1v) is 14.9. The van der Waals surface area contributed by atoms with Crippen molar-refractivity contribution in [2.45, 2.75) is 59.2 Å². The molecule has 0 amide bonds. The minimum atomic E-state index is -2.19. The van der Waals surface area contributed by atoms with Crippen LogP contribution in [0.5, 0.6) is 0 Å². The van der Waals surface area contributed by atoms with Crippen molar-refractivity contribution >= 4 is 36.1 Å². The van der Waals surface area contributed by atoms with E-state index in [0.717, 1.165) is 13.1 Å². The normalized spacial score (nSPS) is 13.5. The Morgan fingerprint density at radius 1 is 0.875 bits per heavy atom. The third-order valence-electron chi connectivity index (χ3n) is 2.86. The Balaban J connectivity index is 4.58. The van der Waals surface area contributed by atoms with Crippen LogP contribution in [-0.4, -0.2) is 31.6 Å². The second-order valence-corrected chi connectivity index (χ2v) is 24.1. The van der Waals surface area contributed by atoms with Gasteiger partial charge in [-0.05, 0) is 25.9 Å². The Morgan fingerprint density at radius 3 is 1.50 bits per heavy atom. The van der Waals surface area contributed by atoms with Gasteiger partial charge in [0.05, 0.1) is 7.59 Å². The van der Waals surface area contributed by atoms with E-state index in [1.807, 2.05) is 0 Å². The highest BCUT2D eigenvalue weighted by Crippen LogP contribution is 2.31. The summed E-state index contributed by atoms with van der Waals surface area (Å²) < 4.78 is 2.43. The van der Waals surface area contributed by atoms with Gasteiger partial charge in [0.25, 0.3) is 0 Å². The van der Waals surface area contributed by atoms with E-state index in [4.69, 9.17) is 22.2 Å². The number of unbranched alkanes of at least 4 members (excludes halogenated alkanes) is 2. The van der Waals surface area contributed by atoms with Gasteiger partial charge in [-0.2, -0.15) is 0 Å².